The Morgan fingerprint density at radius 2 is 1.41 bits per heavy atom. The molecule has 0 atom stereocenters. The Hall–Kier alpha value is -4.87. The Labute approximate surface area is 382 Å². The first-order chi connectivity index (χ1) is 29.4. The SMILES string of the molecule is CC(C)Cc1cc(-c2[c-]cccc2)ncc1[Si](C)(C)C.[2H]C([2H])(c1ccc2o[c-]c(-c3nc4ccccc4n3-c3c(C(C)C)cc(-c4ccccc4)cc3C(C)C)c2c1)C(C)C.[Ir]. The number of benzene rings is 5. The fourth-order valence-electron chi connectivity index (χ4n) is 8.08. The monoisotopic (exact) mass is 1000 g/mol. The number of para-hydroxylation sites is 2. The molecule has 1 radical (unpaired) electrons. The van der Waals surface area contributed by atoms with Crippen molar-refractivity contribution in [3.05, 3.63) is 156 Å². The first-order valence-electron chi connectivity index (χ1n) is 22.6. The molecule has 0 unspecified atom stereocenters. The number of aromatic nitrogens is 3. The van der Waals surface area contributed by atoms with E-state index in [1.54, 1.807) is 0 Å². The van der Waals surface area contributed by atoms with Gasteiger partial charge < -0.3 is 14.0 Å². The van der Waals surface area contributed by atoms with Gasteiger partial charge in [0.25, 0.3) is 0 Å². The van der Waals surface area contributed by atoms with E-state index in [1.807, 2.05) is 62.4 Å². The van der Waals surface area contributed by atoms with Crippen molar-refractivity contribution < 1.29 is 27.3 Å². The van der Waals surface area contributed by atoms with E-state index in [0.717, 1.165) is 51.2 Å². The van der Waals surface area contributed by atoms with Crippen molar-refractivity contribution in [3.63, 3.8) is 0 Å². The van der Waals surface area contributed by atoms with Crippen LogP contribution in [0.3, 0.4) is 0 Å². The van der Waals surface area contributed by atoms with Crippen LogP contribution in [0.5, 0.6) is 0 Å². The molecular weight excluding hydrogens is 939 g/mol. The Bertz CT molecular complexity index is 2770. The number of fused-ring (bicyclic) bond motifs is 2. The van der Waals surface area contributed by atoms with Gasteiger partial charge in [0.05, 0.1) is 24.9 Å². The maximum atomic E-state index is 8.74. The summed E-state index contributed by atoms with van der Waals surface area (Å²) in [4.78, 5) is 9.85. The van der Waals surface area contributed by atoms with Crippen molar-refractivity contribution in [2.24, 2.45) is 11.8 Å². The van der Waals surface area contributed by atoms with Crippen LogP contribution < -0.4 is 5.19 Å². The molecule has 3 heterocycles. The van der Waals surface area contributed by atoms with E-state index < -0.39 is 14.4 Å². The van der Waals surface area contributed by atoms with Crippen LogP contribution in [0.25, 0.3) is 61.5 Å². The number of nitrogens with zero attached hydrogens (tertiary/aromatic N) is 3. The van der Waals surface area contributed by atoms with E-state index in [-0.39, 0.29) is 37.9 Å². The molecule has 5 aromatic carbocycles. The summed E-state index contributed by atoms with van der Waals surface area (Å²) in [6.45, 7) is 24.5. The quantitative estimate of drug-likeness (QED) is 0.0958. The van der Waals surface area contributed by atoms with E-state index in [1.165, 1.54) is 33.0 Å². The predicted octanol–water partition coefficient (Wildman–Crippen LogP) is 14.6. The summed E-state index contributed by atoms with van der Waals surface area (Å²) in [5.74, 6) is 1.74. The summed E-state index contributed by atoms with van der Waals surface area (Å²) < 4.78 is 25.7. The predicted molar refractivity (Wildman–Crippen MR) is 257 cm³/mol. The minimum atomic E-state index is -1.48. The van der Waals surface area contributed by atoms with Crippen LogP contribution >= 0.6 is 0 Å². The number of rotatable bonds is 11. The molecule has 0 spiro atoms. The first-order valence-corrected chi connectivity index (χ1v) is 25.1. The standard InChI is InChI=1S/C37H37N2O.C18H24NSi.Ir/c1-23(2)18-26-16-17-35-31(19-26)32(22-40-35)37-38-33-14-10-11-15-34(33)39(37)36-29(24(3)4)20-28(21-30(36)25(5)6)27-12-8-7-9-13-27;1-14(2)11-16-12-17(15-9-7-6-8-10-15)19-13-18(16)20(3,4)5;/h7-17,19-21,23-25H,18H2,1-6H3;6-9,12-14H,11H2,1-5H3;/q2*-1;/i18D2;;. The zero-order valence-corrected chi connectivity index (χ0v) is 41.0. The summed E-state index contributed by atoms with van der Waals surface area (Å²) in [5.41, 5.74) is 13.6. The van der Waals surface area contributed by atoms with Gasteiger partial charge in [-0.3, -0.25) is 4.98 Å². The normalized spacial score (nSPS) is 12.5. The topological polar surface area (TPSA) is 43.9 Å². The molecule has 317 valence electrons. The molecule has 3 aromatic heterocycles. The van der Waals surface area contributed by atoms with Gasteiger partial charge in [-0.25, -0.2) is 0 Å². The van der Waals surface area contributed by atoms with Crippen LogP contribution in [0, 0.1) is 24.2 Å². The molecule has 8 rings (SSSR count). The molecule has 0 amide bonds. The average molecular weight is 1000 g/mol. The molecule has 0 bridgehead atoms. The maximum Gasteiger partial charge on any atom is 0.0798 e. The van der Waals surface area contributed by atoms with Gasteiger partial charge in [-0.15, -0.1) is 35.9 Å². The molecule has 0 N–H and O–H groups in total. The smallest absolute Gasteiger partial charge is 0.0798 e. The van der Waals surface area contributed by atoms with Crippen molar-refractivity contribution >= 4 is 35.3 Å². The van der Waals surface area contributed by atoms with Crippen molar-refractivity contribution in [1.29, 1.82) is 0 Å². The Balaban J connectivity index is 0.000000265. The van der Waals surface area contributed by atoms with Crippen molar-refractivity contribution in [3.8, 4) is 39.5 Å². The number of pyridine rings is 1. The van der Waals surface area contributed by atoms with E-state index in [2.05, 4.69) is 156 Å². The number of hydrogen-bond acceptors (Lipinski definition) is 3. The zero-order valence-electron chi connectivity index (χ0n) is 39.6. The summed E-state index contributed by atoms with van der Waals surface area (Å²) in [5, 5.41) is 2.30. The molecule has 8 aromatic rings. The minimum absolute atomic E-state index is 0. The fraction of sp³-hybridized carbons (Fsp3) is 0.309. The summed E-state index contributed by atoms with van der Waals surface area (Å²) in [7, 11) is -1.34. The van der Waals surface area contributed by atoms with Gasteiger partial charge in [-0.05, 0) is 93.9 Å². The van der Waals surface area contributed by atoms with Crippen molar-refractivity contribution in [1.82, 2.24) is 14.5 Å². The molecule has 4 nitrogen and oxygen atoms in total. The summed E-state index contributed by atoms with van der Waals surface area (Å²) >= 11 is 0. The van der Waals surface area contributed by atoms with Gasteiger partial charge in [-0.1, -0.05) is 164 Å². The maximum absolute atomic E-state index is 8.74. The van der Waals surface area contributed by atoms with Crippen molar-refractivity contribution in [2.75, 3.05) is 0 Å². The second-order valence-electron chi connectivity index (χ2n) is 18.4. The minimum Gasteiger partial charge on any atom is -0.557 e. The van der Waals surface area contributed by atoms with Gasteiger partial charge in [0.1, 0.15) is 0 Å². The molecule has 0 aliphatic rings. The Morgan fingerprint density at radius 3 is 2.03 bits per heavy atom. The number of furan rings is 1. The van der Waals surface area contributed by atoms with Crippen LogP contribution in [0.4, 0.5) is 0 Å². The molecule has 61 heavy (non-hydrogen) atoms. The number of imidazole rings is 1. The van der Waals surface area contributed by atoms with E-state index >= 15 is 0 Å². The largest absolute Gasteiger partial charge is 0.557 e. The third-order valence-corrected chi connectivity index (χ3v) is 13.0. The average Bonchev–Trinajstić information content (AvgIpc) is 3.84. The van der Waals surface area contributed by atoms with Crippen molar-refractivity contribution in [2.45, 2.75) is 99.7 Å². The molecule has 0 saturated carbocycles. The van der Waals surface area contributed by atoms with E-state index in [4.69, 9.17) is 12.1 Å². The van der Waals surface area contributed by atoms with Crippen LogP contribution in [0.15, 0.2) is 126 Å². The zero-order chi connectivity index (χ0) is 44.5. The molecule has 0 aliphatic carbocycles. The molecule has 6 heteroatoms. The van der Waals surface area contributed by atoms with Gasteiger partial charge in [0.15, 0.2) is 0 Å². The molecule has 0 aliphatic heterocycles. The number of hydrogen-bond donors (Lipinski definition) is 0. The second-order valence-corrected chi connectivity index (χ2v) is 23.4. The van der Waals surface area contributed by atoms with Crippen LogP contribution in [0.2, 0.25) is 19.6 Å². The van der Waals surface area contributed by atoms with Gasteiger partial charge in [0, 0.05) is 46.6 Å². The fourth-order valence-corrected chi connectivity index (χ4v) is 9.67. The van der Waals surface area contributed by atoms with Gasteiger partial charge >= 0.3 is 0 Å². The summed E-state index contributed by atoms with van der Waals surface area (Å²) in [6, 6.07) is 42.7. The molecule has 0 saturated heterocycles. The van der Waals surface area contributed by atoms with Crippen LogP contribution in [-0.4, -0.2) is 22.6 Å². The molecule has 0 fully saturated rings. The third kappa shape index (κ3) is 10.3. The van der Waals surface area contributed by atoms with E-state index in [9.17, 15) is 0 Å². The Morgan fingerprint density at radius 1 is 0.738 bits per heavy atom. The molecular formula is C55H61IrN3OSi-2. The van der Waals surface area contributed by atoms with Crippen LogP contribution in [0.1, 0.15) is 92.2 Å². The van der Waals surface area contributed by atoms with E-state index in [0.29, 0.717) is 17.1 Å². The Kier molecular flexibility index (Phi) is 13.6. The summed E-state index contributed by atoms with van der Waals surface area (Å²) in [6.07, 6.45) is 4.92. The van der Waals surface area contributed by atoms with Gasteiger partial charge in [-0.2, -0.15) is 0 Å². The van der Waals surface area contributed by atoms with Gasteiger partial charge in [0.2, 0.25) is 0 Å². The van der Waals surface area contributed by atoms with Crippen LogP contribution in [-0.2, 0) is 32.9 Å². The second kappa shape index (κ2) is 19.4. The first kappa shape index (κ1) is 42.8. The third-order valence-electron chi connectivity index (χ3n) is 10.9.